The van der Waals surface area contributed by atoms with Crippen molar-refractivity contribution in [3.63, 3.8) is 0 Å². The molecule has 0 aliphatic carbocycles. The SMILES string of the molecule is CCCCCCC1(C)NC(=O)N(CC(=O)NC(c2ccccc2)c2ccccc2)C1=O. The molecule has 164 valence electrons. The van der Waals surface area contributed by atoms with Gasteiger partial charge in [0.1, 0.15) is 12.1 Å². The van der Waals surface area contributed by atoms with Gasteiger partial charge in [-0.1, -0.05) is 93.3 Å². The van der Waals surface area contributed by atoms with E-state index in [0.717, 1.165) is 41.7 Å². The molecule has 1 heterocycles. The molecule has 2 N–H and O–H groups in total. The van der Waals surface area contributed by atoms with E-state index < -0.39 is 11.6 Å². The van der Waals surface area contributed by atoms with Gasteiger partial charge in [0.25, 0.3) is 5.91 Å². The van der Waals surface area contributed by atoms with E-state index in [0.29, 0.717) is 6.42 Å². The smallest absolute Gasteiger partial charge is 0.325 e. The molecule has 0 spiro atoms. The number of imide groups is 1. The molecule has 0 saturated carbocycles. The fourth-order valence-electron chi connectivity index (χ4n) is 3.97. The minimum atomic E-state index is -0.941. The predicted octanol–water partition coefficient (Wildman–Crippen LogP) is 4.17. The van der Waals surface area contributed by atoms with E-state index >= 15 is 0 Å². The molecule has 0 aromatic heterocycles. The highest BCUT2D eigenvalue weighted by molar-refractivity contribution is 6.08. The van der Waals surface area contributed by atoms with Crippen LogP contribution in [0, 0.1) is 0 Å². The number of nitrogens with zero attached hydrogens (tertiary/aromatic N) is 1. The quantitative estimate of drug-likeness (QED) is 0.446. The molecule has 1 saturated heterocycles. The zero-order valence-electron chi connectivity index (χ0n) is 18.3. The zero-order chi connectivity index (χ0) is 22.3. The Morgan fingerprint density at radius 3 is 2.10 bits per heavy atom. The number of rotatable bonds is 10. The Kier molecular flexibility index (Phi) is 7.45. The van der Waals surface area contributed by atoms with E-state index in [1.54, 1.807) is 6.92 Å². The third kappa shape index (κ3) is 5.51. The van der Waals surface area contributed by atoms with E-state index in [1.165, 1.54) is 0 Å². The van der Waals surface area contributed by atoms with Crippen molar-refractivity contribution in [1.29, 1.82) is 0 Å². The molecule has 0 radical (unpaired) electrons. The Bertz CT molecular complexity index is 861. The van der Waals surface area contributed by atoms with Crippen LogP contribution in [0.4, 0.5) is 4.79 Å². The van der Waals surface area contributed by atoms with Crippen molar-refractivity contribution in [2.75, 3.05) is 6.54 Å². The van der Waals surface area contributed by atoms with Crippen molar-refractivity contribution in [3.8, 4) is 0 Å². The van der Waals surface area contributed by atoms with Crippen molar-refractivity contribution >= 4 is 17.8 Å². The van der Waals surface area contributed by atoms with Crippen molar-refractivity contribution < 1.29 is 14.4 Å². The number of carbonyl (C=O) groups is 3. The largest absolute Gasteiger partial charge is 0.344 e. The zero-order valence-corrected chi connectivity index (χ0v) is 18.3. The molecule has 31 heavy (non-hydrogen) atoms. The molecule has 0 bridgehead atoms. The van der Waals surface area contributed by atoms with Crippen molar-refractivity contribution in [3.05, 3.63) is 71.8 Å². The maximum Gasteiger partial charge on any atom is 0.325 e. The Morgan fingerprint density at radius 2 is 1.55 bits per heavy atom. The maximum atomic E-state index is 12.9. The third-order valence-electron chi connectivity index (χ3n) is 5.75. The Balaban J connectivity index is 1.68. The van der Waals surface area contributed by atoms with Crippen LogP contribution in [-0.4, -0.2) is 34.8 Å². The van der Waals surface area contributed by atoms with Crippen LogP contribution in [0.1, 0.15) is 63.1 Å². The molecule has 1 atom stereocenters. The summed E-state index contributed by atoms with van der Waals surface area (Å²) in [6.45, 7) is 3.57. The van der Waals surface area contributed by atoms with E-state index in [4.69, 9.17) is 0 Å². The van der Waals surface area contributed by atoms with Crippen LogP contribution in [0.2, 0.25) is 0 Å². The Labute approximate surface area is 184 Å². The molecule has 6 heteroatoms. The fourth-order valence-corrected chi connectivity index (χ4v) is 3.97. The van der Waals surface area contributed by atoms with E-state index in [-0.39, 0.29) is 24.4 Å². The Hall–Kier alpha value is -3.15. The molecule has 1 aliphatic heterocycles. The standard InChI is InChI=1S/C25H31N3O3/c1-3-4-5-12-17-25(2)23(30)28(24(31)27-25)18-21(29)26-22(19-13-8-6-9-14-19)20-15-10-7-11-16-20/h6-11,13-16,22H,3-5,12,17-18H2,1-2H3,(H,26,29)(H,27,31). The first-order valence-corrected chi connectivity index (χ1v) is 11.0. The summed E-state index contributed by atoms with van der Waals surface area (Å²) in [7, 11) is 0. The van der Waals surface area contributed by atoms with Crippen molar-refractivity contribution in [2.24, 2.45) is 0 Å². The monoisotopic (exact) mass is 421 g/mol. The van der Waals surface area contributed by atoms with Gasteiger partial charge in [-0.3, -0.25) is 14.5 Å². The first-order chi connectivity index (χ1) is 14.9. The minimum absolute atomic E-state index is 0.300. The molecule has 1 aliphatic rings. The van der Waals surface area contributed by atoms with E-state index in [2.05, 4.69) is 17.6 Å². The van der Waals surface area contributed by atoms with Crippen LogP contribution in [0.15, 0.2) is 60.7 Å². The second kappa shape index (κ2) is 10.2. The van der Waals surface area contributed by atoms with Gasteiger partial charge in [-0.15, -0.1) is 0 Å². The highest BCUT2D eigenvalue weighted by Crippen LogP contribution is 2.25. The summed E-state index contributed by atoms with van der Waals surface area (Å²) in [5.41, 5.74) is 0.920. The van der Waals surface area contributed by atoms with Crippen LogP contribution >= 0.6 is 0 Å². The molecule has 3 rings (SSSR count). The second-order valence-electron chi connectivity index (χ2n) is 8.29. The van der Waals surface area contributed by atoms with Gasteiger partial charge in [0.15, 0.2) is 0 Å². The van der Waals surface area contributed by atoms with E-state index in [1.807, 2.05) is 60.7 Å². The van der Waals surface area contributed by atoms with Crippen LogP contribution in [0.25, 0.3) is 0 Å². The number of carbonyl (C=O) groups excluding carboxylic acids is 3. The van der Waals surface area contributed by atoms with Gasteiger partial charge >= 0.3 is 6.03 Å². The Morgan fingerprint density at radius 1 is 0.968 bits per heavy atom. The summed E-state index contributed by atoms with van der Waals surface area (Å²) in [6.07, 6.45) is 4.66. The van der Waals surface area contributed by atoms with Gasteiger partial charge in [-0.05, 0) is 24.5 Å². The van der Waals surface area contributed by atoms with Gasteiger partial charge in [0.05, 0.1) is 6.04 Å². The lowest BCUT2D eigenvalue weighted by Crippen LogP contribution is -2.45. The average Bonchev–Trinajstić information content (AvgIpc) is 2.99. The van der Waals surface area contributed by atoms with Gasteiger partial charge in [0.2, 0.25) is 5.91 Å². The molecule has 4 amide bonds. The second-order valence-corrected chi connectivity index (χ2v) is 8.29. The van der Waals surface area contributed by atoms with Crippen molar-refractivity contribution in [2.45, 2.75) is 57.5 Å². The molecular weight excluding hydrogens is 390 g/mol. The first-order valence-electron chi connectivity index (χ1n) is 11.0. The fraction of sp³-hybridized carbons (Fsp3) is 0.400. The number of amides is 4. The van der Waals surface area contributed by atoms with Gasteiger partial charge in [0, 0.05) is 0 Å². The summed E-state index contributed by atoms with van der Waals surface area (Å²) in [6, 6.07) is 18.4. The number of benzene rings is 2. The summed E-state index contributed by atoms with van der Waals surface area (Å²) in [5, 5.41) is 5.78. The molecule has 1 unspecified atom stereocenters. The first kappa shape index (κ1) is 22.5. The van der Waals surface area contributed by atoms with Gasteiger partial charge in [-0.25, -0.2) is 4.79 Å². The van der Waals surface area contributed by atoms with Crippen LogP contribution in [-0.2, 0) is 9.59 Å². The maximum absolute atomic E-state index is 12.9. The topological polar surface area (TPSA) is 78.5 Å². The predicted molar refractivity (Wildman–Crippen MR) is 120 cm³/mol. The third-order valence-corrected chi connectivity index (χ3v) is 5.75. The summed E-state index contributed by atoms with van der Waals surface area (Å²) >= 11 is 0. The number of hydrogen-bond donors (Lipinski definition) is 2. The molecule has 2 aromatic carbocycles. The number of nitrogens with one attached hydrogen (secondary N) is 2. The highest BCUT2D eigenvalue weighted by atomic mass is 16.2. The molecule has 1 fully saturated rings. The number of urea groups is 1. The van der Waals surface area contributed by atoms with Gasteiger partial charge in [-0.2, -0.15) is 0 Å². The lowest BCUT2D eigenvalue weighted by molar-refractivity contribution is -0.134. The average molecular weight is 422 g/mol. The molecular formula is C25H31N3O3. The normalized spacial score (nSPS) is 18.4. The summed E-state index contributed by atoms with van der Waals surface area (Å²) < 4.78 is 0. The van der Waals surface area contributed by atoms with E-state index in [9.17, 15) is 14.4 Å². The minimum Gasteiger partial charge on any atom is -0.344 e. The number of hydrogen-bond acceptors (Lipinski definition) is 3. The van der Waals surface area contributed by atoms with Crippen LogP contribution in [0.3, 0.4) is 0 Å². The highest BCUT2D eigenvalue weighted by Gasteiger charge is 2.47. The van der Waals surface area contributed by atoms with Gasteiger partial charge < -0.3 is 10.6 Å². The molecule has 2 aromatic rings. The number of unbranched alkanes of at least 4 members (excludes halogenated alkanes) is 3. The van der Waals surface area contributed by atoms with Crippen LogP contribution < -0.4 is 10.6 Å². The summed E-state index contributed by atoms with van der Waals surface area (Å²) in [5.74, 6) is -0.712. The van der Waals surface area contributed by atoms with Crippen molar-refractivity contribution in [1.82, 2.24) is 15.5 Å². The summed E-state index contributed by atoms with van der Waals surface area (Å²) in [4.78, 5) is 39.3. The lowest BCUT2D eigenvalue weighted by Gasteiger charge is -2.23. The molecule has 6 nitrogen and oxygen atoms in total. The van der Waals surface area contributed by atoms with Crippen LogP contribution in [0.5, 0.6) is 0 Å². The lowest BCUT2D eigenvalue weighted by atomic mass is 9.94.